The lowest BCUT2D eigenvalue weighted by Gasteiger charge is -2.40. The molecule has 1 saturated heterocycles. The third kappa shape index (κ3) is 43.2. The fraction of sp³-hybridized carbons (Fsp3) is 0.862. The standard InChI is InChI=1S/C65H121NO8/c1-3-5-7-9-11-13-15-17-19-20-21-22-23-24-25-26-27-28-29-30-31-32-33-34-35-36-37-38-39-40-41-43-45-47-49-51-53-55-61(69)66-58(57-73-65-64(72)63(71)62(70)60(56-67)74-65)59(68)54-52-50-48-46-44-42-18-16-14-12-10-8-6-4-2/h25-26,28-29,44,46,52,54,58-60,62-65,67-68,70-72H,3-24,27,30-43,45,47-51,53,55-57H2,1-2H3,(H,66,69)/b26-25-,29-28-,46-44+,54-52+. The van der Waals surface area contributed by atoms with Gasteiger partial charge in [-0.3, -0.25) is 4.79 Å². The zero-order valence-corrected chi connectivity index (χ0v) is 48.4. The zero-order valence-electron chi connectivity index (χ0n) is 48.4. The number of hydrogen-bond acceptors (Lipinski definition) is 8. The van der Waals surface area contributed by atoms with Crippen molar-refractivity contribution in [3.63, 3.8) is 0 Å². The van der Waals surface area contributed by atoms with Gasteiger partial charge in [-0.1, -0.05) is 281 Å². The van der Waals surface area contributed by atoms with Crippen molar-refractivity contribution >= 4 is 5.91 Å². The van der Waals surface area contributed by atoms with E-state index in [9.17, 15) is 30.3 Å². The third-order valence-corrected chi connectivity index (χ3v) is 15.1. The van der Waals surface area contributed by atoms with E-state index in [0.717, 1.165) is 44.9 Å². The predicted molar refractivity (Wildman–Crippen MR) is 313 cm³/mol. The Kier molecular flexibility index (Phi) is 51.7. The van der Waals surface area contributed by atoms with Crippen molar-refractivity contribution in [2.24, 2.45) is 0 Å². The molecule has 9 nitrogen and oxygen atoms in total. The molecule has 0 aromatic rings. The van der Waals surface area contributed by atoms with E-state index < -0.39 is 49.5 Å². The van der Waals surface area contributed by atoms with Crippen molar-refractivity contribution in [1.82, 2.24) is 5.32 Å². The van der Waals surface area contributed by atoms with Gasteiger partial charge in [0.2, 0.25) is 5.91 Å². The third-order valence-electron chi connectivity index (χ3n) is 15.1. The number of aliphatic hydroxyl groups excluding tert-OH is 5. The molecule has 0 aromatic heterocycles. The number of hydrogen-bond donors (Lipinski definition) is 6. The molecule has 0 aliphatic carbocycles. The molecule has 1 amide bonds. The molecule has 1 aliphatic heterocycles. The molecule has 7 atom stereocenters. The molecule has 6 N–H and O–H groups in total. The quantitative estimate of drug-likeness (QED) is 0.0261. The van der Waals surface area contributed by atoms with E-state index in [1.807, 2.05) is 6.08 Å². The van der Waals surface area contributed by atoms with Crippen molar-refractivity contribution in [2.75, 3.05) is 13.2 Å². The van der Waals surface area contributed by atoms with Crippen LogP contribution in [0, 0.1) is 0 Å². The highest BCUT2D eigenvalue weighted by molar-refractivity contribution is 5.76. The first-order valence-corrected chi connectivity index (χ1v) is 31.9. The summed E-state index contributed by atoms with van der Waals surface area (Å²) in [6.07, 6.45) is 66.5. The Morgan fingerprint density at radius 3 is 1.22 bits per heavy atom. The lowest BCUT2D eigenvalue weighted by molar-refractivity contribution is -0.302. The van der Waals surface area contributed by atoms with Crippen molar-refractivity contribution in [2.45, 2.75) is 346 Å². The number of rotatable bonds is 55. The highest BCUT2D eigenvalue weighted by Gasteiger charge is 2.44. The van der Waals surface area contributed by atoms with Crippen LogP contribution in [0.5, 0.6) is 0 Å². The van der Waals surface area contributed by atoms with Crippen molar-refractivity contribution in [1.29, 1.82) is 0 Å². The van der Waals surface area contributed by atoms with Crippen molar-refractivity contribution < 1.29 is 39.8 Å². The van der Waals surface area contributed by atoms with E-state index in [1.165, 1.54) is 238 Å². The first-order chi connectivity index (χ1) is 36.3. The lowest BCUT2D eigenvalue weighted by Crippen LogP contribution is -2.60. The number of aliphatic hydroxyl groups is 5. The Balaban J connectivity index is 2.08. The molecule has 7 unspecified atom stereocenters. The first-order valence-electron chi connectivity index (χ1n) is 31.9. The Morgan fingerprint density at radius 1 is 0.459 bits per heavy atom. The fourth-order valence-electron chi connectivity index (χ4n) is 10.1. The Labute approximate surface area is 456 Å². The second kappa shape index (κ2) is 54.5. The van der Waals surface area contributed by atoms with Crippen LogP contribution in [0.3, 0.4) is 0 Å². The van der Waals surface area contributed by atoms with E-state index in [0.29, 0.717) is 6.42 Å². The van der Waals surface area contributed by atoms with Crippen molar-refractivity contribution in [3.05, 3.63) is 48.6 Å². The summed E-state index contributed by atoms with van der Waals surface area (Å²) < 4.78 is 11.3. The Bertz CT molecular complexity index is 1300. The van der Waals surface area contributed by atoms with Crippen LogP contribution in [0.2, 0.25) is 0 Å². The minimum absolute atomic E-state index is 0.184. The van der Waals surface area contributed by atoms with Crippen LogP contribution in [-0.4, -0.2) is 87.5 Å². The van der Waals surface area contributed by atoms with Crippen LogP contribution in [0.1, 0.15) is 303 Å². The first kappa shape index (κ1) is 70.2. The molecule has 0 aromatic carbocycles. The predicted octanol–water partition coefficient (Wildman–Crippen LogP) is 16.5. The summed E-state index contributed by atoms with van der Waals surface area (Å²) in [5.41, 5.74) is 0. The highest BCUT2D eigenvalue weighted by atomic mass is 16.7. The van der Waals surface area contributed by atoms with E-state index in [2.05, 4.69) is 55.6 Å². The minimum atomic E-state index is -1.57. The fourth-order valence-corrected chi connectivity index (χ4v) is 10.1. The van der Waals surface area contributed by atoms with Gasteiger partial charge in [0.05, 0.1) is 25.4 Å². The van der Waals surface area contributed by atoms with Crippen molar-refractivity contribution in [3.8, 4) is 0 Å². The molecule has 1 aliphatic rings. The summed E-state index contributed by atoms with van der Waals surface area (Å²) in [6.45, 7) is 3.78. The molecule has 0 radical (unpaired) electrons. The summed E-state index contributed by atoms with van der Waals surface area (Å²) in [4.78, 5) is 13.1. The molecule has 0 saturated carbocycles. The number of unbranched alkanes of at least 4 members (excludes halogenated alkanes) is 39. The van der Waals surface area contributed by atoms with Gasteiger partial charge in [-0.05, 0) is 64.2 Å². The van der Waals surface area contributed by atoms with Gasteiger partial charge in [-0.25, -0.2) is 0 Å². The maximum absolute atomic E-state index is 13.1. The van der Waals surface area contributed by atoms with Crippen LogP contribution in [0.4, 0.5) is 0 Å². The van der Waals surface area contributed by atoms with Crippen LogP contribution in [0.25, 0.3) is 0 Å². The number of ether oxygens (including phenoxy) is 2. The average molecular weight is 1040 g/mol. The summed E-state index contributed by atoms with van der Waals surface area (Å²) >= 11 is 0. The maximum atomic E-state index is 13.1. The van der Waals surface area contributed by atoms with E-state index >= 15 is 0 Å². The second-order valence-electron chi connectivity index (χ2n) is 22.2. The van der Waals surface area contributed by atoms with Gasteiger partial charge < -0.3 is 40.3 Å². The van der Waals surface area contributed by atoms with E-state index in [-0.39, 0.29) is 12.5 Å². The number of carbonyl (C=O) groups excluding carboxylic acids is 1. The van der Waals surface area contributed by atoms with Crippen LogP contribution >= 0.6 is 0 Å². The topological polar surface area (TPSA) is 149 Å². The largest absolute Gasteiger partial charge is 0.394 e. The molecule has 1 heterocycles. The Hall–Kier alpha value is -1.85. The minimum Gasteiger partial charge on any atom is -0.394 e. The SMILES string of the molecule is CCCCCCCCCC/C=C/CC/C=C/C(O)C(COC1OC(CO)C(O)C(O)C1O)NC(=O)CCCCCCCCCCCCCCCCCCC/C=C\C/C=C\CCCCCCCCCCCCCCC. The van der Waals surface area contributed by atoms with Gasteiger partial charge in [0.15, 0.2) is 6.29 Å². The van der Waals surface area contributed by atoms with Gasteiger partial charge in [0.1, 0.15) is 24.4 Å². The monoisotopic (exact) mass is 1040 g/mol. The van der Waals surface area contributed by atoms with E-state index in [1.54, 1.807) is 6.08 Å². The normalized spacial score (nSPS) is 19.3. The van der Waals surface area contributed by atoms with Gasteiger partial charge in [0, 0.05) is 6.42 Å². The number of amides is 1. The molecular formula is C65H121NO8. The van der Waals surface area contributed by atoms with Crippen LogP contribution < -0.4 is 5.32 Å². The van der Waals surface area contributed by atoms with Gasteiger partial charge >= 0.3 is 0 Å². The molecule has 1 rings (SSSR count). The number of carbonyl (C=O) groups is 1. The summed E-state index contributed by atoms with van der Waals surface area (Å²) in [5.74, 6) is -0.184. The molecule has 9 heteroatoms. The molecule has 0 spiro atoms. The highest BCUT2D eigenvalue weighted by Crippen LogP contribution is 2.23. The maximum Gasteiger partial charge on any atom is 0.220 e. The van der Waals surface area contributed by atoms with Gasteiger partial charge in [0.25, 0.3) is 0 Å². The summed E-state index contributed by atoms with van der Waals surface area (Å²) in [6, 6.07) is -0.821. The van der Waals surface area contributed by atoms with Crippen LogP contribution in [-0.2, 0) is 14.3 Å². The molecular weight excluding hydrogens is 923 g/mol. The lowest BCUT2D eigenvalue weighted by atomic mass is 9.99. The summed E-state index contributed by atoms with van der Waals surface area (Å²) in [7, 11) is 0. The smallest absolute Gasteiger partial charge is 0.220 e. The molecule has 74 heavy (non-hydrogen) atoms. The second-order valence-corrected chi connectivity index (χ2v) is 22.2. The molecule has 0 bridgehead atoms. The van der Waals surface area contributed by atoms with Gasteiger partial charge in [-0.2, -0.15) is 0 Å². The molecule has 1 fully saturated rings. The molecule has 434 valence electrons. The average Bonchev–Trinajstić information content (AvgIpc) is 3.40. The Morgan fingerprint density at radius 2 is 0.811 bits per heavy atom. The summed E-state index contributed by atoms with van der Waals surface area (Å²) in [5, 5.41) is 54.4. The number of allylic oxidation sites excluding steroid dienone is 7. The number of nitrogens with one attached hydrogen (secondary N) is 1. The van der Waals surface area contributed by atoms with E-state index in [4.69, 9.17) is 9.47 Å². The zero-order chi connectivity index (χ0) is 53.6. The van der Waals surface area contributed by atoms with Crippen LogP contribution in [0.15, 0.2) is 48.6 Å². The van der Waals surface area contributed by atoms with Gasteiger partial charge in [-0.15, -0.1) is 0 Å².